The molecule has 2 amide bonds. The number of nitrogen functional groups attached to an aromatic ring is 1. The third-order valence-electron chi connectivity index (χ3n) is 5.99. The zero-order chi connectivity index (χ0) is 21.5. The molecule has 2 aliphatic heterocycles. The second-order valence-corrected chi connectivity index (χ2v) is 8.99. The molecule has 1 aromatic rings. The Hall–Kier alpha value is -2.28. The van der Waals surface area contributed by atoms with E-state index < -0.39 is 0 Å². The van der Waals surface area contributed by atoms with Crippen LogP contribution in [0.4, 0.5) is 11.4 Å². The number of hydrogen-bond donors (Lipinski definition) is 3. The normalized spacial score (nSPS) is 20.2. The number of nitrogens with one attached hydrogen (secondary N) is 2. The van der Waals surface area contributed by atoms with Crippen molar-refractivity contribution in [3.05, 3.63) is 23.8 Å². The maximum Gasteiger partial charge on any atom is 0.253 e. The van der Waals surface area contributed by atoms with Gasteiger partial charge in [0, 0.05) is 37.1 Å². The zero-order valence-corrected chi connectivity index (χ0v) is 18.5. The van der Waals surface area contributed by atoms with Gasteiger partial charge in [-0.25, -0.2) is 0 Å². The third-order valence-corrected chi connectivity index (χ3v) is 5.99. The molecule has 1 aromatic carbocycles. The Kier molecular flexibility index (Phi) is 7.96. The molecule has 2 heterocycles. The van der Waals surface area contributed by atoms with Gasteiger partial charge in [-0.1, -0.05) is 6.42 Å². The number of nitrogens with zero attached hydrogens (tertiary/aromatic N) is 2. The van der Waals surface area contributed by atoms with Crippen LogP contribution in [0.3, 0.4) is 0 Å². The van der Waals surface area contributed by atoms with Gasteiger partial charge in [0.2, 0.25) is 5.91 Å². The zero-order valence-electron chi connectivity index (χ0n) is 18.5. The summed E-state index contributed by atoms with van der Waals surface area (Å²) in [6, 6.07) is 5.71. The molecule has 2 saturated heterocycles. The fraction of sp³-hybridized carbons (Fsp3) is 0.652. The Morgan fingerprint density at radius 2 is 1.90 bits per heavy atom. The molecule has 0 aliphatic carbocycles. The fourth-order valence-corrected chi connectivity index (χ4v) is 4.52. The molecule has 2 fully saturated rings. The average molecular weight is 416 g/mol. The van der Waals surface area contributed by atoms with Crippen LogP contribution in [0, 0.1) is 5.92 Å². The lowest BCUT2D eigenvalue weighted by Crippen LogP contribution is -2.42. The first kappa shape index (κ1) is 22.4. The Bertz CT molecular complexity index is 730. The molecule has 1 atom stereocenters. The molecule has 0 spiro atoms. The summed E-state index contributed by atoms with van der Waals surface area (Å²) in [4.78, 5) is 29.4. The Morgan fingerprint density at radius 3 is 2.63 bits per heavy atom. The second kappa shape index (κ2) is 10.7. The number of amides is 2. The van der Waals surface area contributed by atoms with E-state index in [1.807, 2.05) is 26.0 Å². The van der Waals surface area contributed by atoms with Crippen molar-refractivity contribution >= 4 is 23.2 Å². The van der Waals surface area contributed by atoms with Gasteiger partial charge in [0.1, 0.15) is 0 Å². The minimum atomic E-state index is -0.310. The summed E-state index contributed by atoms with van der Waals surface area (Å²) >= 11 is 0. The molecule has 7 heteroatoms. The summed E-state index contributed by atoms with van der Waals surface area (Å²) in [6.45, 7) is 9.36. The maximum absolute atomic E-state index is 12.6. The lowest BCUT2D eigenvalue weighted by atomic mass is 9.95. The largest absolute Gasteiger partial charge is 0.398 e. The van der Waals surface area contributed by atoms with Crippen molar-refractivity contribution < 1.29 is 9.59 Å². The van der Waals surface area contributed by atoms with Crippen molar-refractivity contribution in [2.45, 2.75) is 52.0 Å². The molecule has 0 radical (unpaired) electrons. The maximum atomic E-state index is 12.6. The van der Waals surface area contributed by atoms with Gasteiger partial charge >= 0.3 is 0 Å². The van der Waals surface area contributed by atoms with Crippen molar-refractivity contribution in [1.82, 2.24) is 15.5 Å². The van der Waals surface area contributed by atoms with E-state index in [4.69, 9.17) is 5.73 Å². The fourth-order valence-electron chi connectivity index (χ4n) is 4.52. The van der Waals surface area contributed by atoms with E-state index in [1.54, 1.807) is 6.07 Å². The minimum absolute atomic E-state index is 0.0415. The smallest absolute Gasteiger partial charge is 0.253 e. The number of rotatable bonds is 7. The topological polar surface area (TPSA) is 90.7 Å². The van der Waals surface area contributed by atoms with Crippen LogP contribution in [-0.2, 0) is 4.79 Å². The van der Waals surface area contributed by atoms with E-state index in [0.717, 1.165) is 18.8 Å². The van der Waals surface area contributed by atoms with Crippen LogP contribution in [0.2, 0.25) is 0 Å². The first-order valence-corrected chi connectivity index (χ1v) is 11.4. The lowest BCUT2D eigenvalue weighted by molar-refractivity contribution is -0.120. The Morgan fingerprint density at radius 1 is 1.13 bits per heavy atom. The molecule has 0 saturated carbocycles. The molecule has 0 unspecified atom stereocenters. The molecule has 3 rings (SSSR count). The van der Waals surface area contributed by atoms with E-state index in [2.05, 4.69) is 20.4 Å². The number of benzene rings is 1. The molecular weight excluding hydrogens is 378 g/mol. The summed E-state index contributed by atoms with van der Waals surface area (Å²) < 4.78 is 0. The van der Waals surface area contributed by atoms with Gasteiger partial charge in [-0.3, -0.25) is 9.59 Å². The SMILES string of the molecule is CC(C)NC(=O)CNC(=O)c1cc(N2CCC[C@@H](CN3CCCCC3)C2)ccc1N. The Labute approximate surface area is 180 Å². The third kappa shape index (κ3) is 6.36. The van der Waals surface area contributed by atoms with E-state index >= 15 is 0 Å². The number of carbonyl (C=O) groups excluding carboxylic acids is 2. The van der Waals surface area contributed by atoms with Gasteiger partial charge < -0.3 is 26.2 Å². The summed E-state index contributed by atoms with van der Waals surface area (Å²) in [5, 5.41) is 5.45. The van der Waals surface area contributed by atoms with Gasteiger partial charge in [-0.05, 0) is 76.7 Å². The Balaban J connectivity index is 1.60. The van der Waals surface area contributed by atoms with Crippen LogP contribution in [-0.4, -0.2) is 62.0 Å². The summed E-state index contributed by atoms with van der Waals surface area (Å²) in [7, 11) is 0. The van der Waals surface area contributed by atoms with Crippen LogP contribution < -0.4 is 21.3 Å². The standard InChI is InChI=1S/C23H37N5O2/c1-17(2)26-22(29)14-25-23(30)20-13-19(8-9-21(20)24)28-12-6-7-18(16-28)15-27-10-4-3-5-11-27/h8-9,13,17-18H,3-7,10-12,14-16,24H2,1-2H3,(H,25,30)(H,26,29)/t18-/m0/s1. The highest BCUT2D eigenvalue weighted by molar-refractivity contribution is 6.01. The van der Waals surface area contributed by atoms with Crippen molar-refractivity contribution in [1.29, 1.82) is 0 Å². The summed E-state index contributed by atoms with van der Waals surface area (Å²) in [6.07, 6.45) is 6.44. The van der Waals surface area contributed by atoms with Gasteiger partial charge in [-0.2, -0.15) is 0 Å². The van der Waals surface area contributed by atoms with Gasteiger partial charge in [0.05, 0.1) is 12.1 Å². The van der Waals surface area contributed by atoms with Crippen LogP contribution in [0.5, 0.6) is 0 Å². The molecule has 0 bridgehead atoms. The molecule has 4 N–H and O–H groups in total. The van der Waals surface area contributed by atoms with Crippen molar-refractivity contribution in [2.24, 2.45) is 5.92 Å². The average Bonchev–Trinajstić information content (AvgIpc) is 2.73. The number of anilines is 2. The van der Waals surface area contributed by atoms with Crippen molar-refractivity contribution in [3.63, 3.8) is 0 Å². The first-order valence-electron chi connectivity index (χ1n) is 11.4. The highest BCUT2D eigenvalue weighted by Gasteiger charge is 2.24. The monoisotopic (exact) mass is 415 g/mol. The second-order valence-electron chi connectivity index (χ2n) is 8.99. The summed E-state index contributed by atoms with van der Waals surface area (Å²) in [5.74, 6) is 0.145. The van der Waals surface area contributed by atoms with Gasteiger partial charge in [0.25, 0.3) is 5.91 Å². The van der Waals surface area contributed by atoms with E-state index in [9.17, 15) is 9.59 Å². The van der Waals surface area contributed by atoms with Crippen molar-refractivity contribution in [3.8, 4) is 0 Å². The first-order chi connectivity index (χ1) is 14.4. The number of nitrogens with two attached hydrogens (primary N) is 1. The molecular formula is C23H37N5O2. The van der Waals surface area contributed by atoms with E-state index in [1.165, 1.54) is 51.7 Å². The van der Waals surface area contributed by atoms with Crippen LogP contribution in [0.25, 0.3) is 0 Å². The molecule has 0 aromatic heterocycles. The molecule has 2 aliphatic rings. The quantitative estimate of drug-likeness (QED) is 0.594. The minimum Gasteiger partial charge on any atom is -0.398 e. The lowest BCUT2D eigenvalue weighted by Gasteiger charge is -2.38. The highest BCUT2D eigenvalue weighted by atomic mass is 16.2. The van der Waals surface area contributed by atoms with Crippen molar-refractivity contribution in [2.75, 3.05) is 49.9 Å². The summed E-state index contributed by atoms with van der Waals surface area (Å²) in [5.41, 5.74) is 7.97. The predicted molar refractivity (Wildman–Crippen MR) is 122 cm³/mol. The van der Waals surface area contributed by atoms with Crippen LogP contribution in [0.1, 0.15) is 56.3 Å². The molecule has 7 nitrogen and oxygen atoms in total. The number of piperidine rings is 2. The van der Waals surface area contributed by atoms with Crippen LogP contribution >= 0.6 is 0 Å². The van der Waals surface area contributed by atoms with E-state index in [-0.39, 0.29) is 24.4 Å². The number of likely N-dealkylation sites (tertiary alicyclic amines) is 1. The predicted octanol–water partition coefficient (Wildman–Crippen LogP) is 2.23. The van der Waals surface area contributed by atoms with E-state index in [0.29, 0.717) is 17.2 Å². The van der Waals surface area contributed by atoms with Crippen LogP contribution in [0.15, 0.2) is 18.2 Å². The van der Waals surface area contributed by atoms with Gasteiger partial charge in [-0.15, -0.1) is 0 Å². The van der Waals surface area contributed by atoms with Gasteiger partial charge in [0.15, 0.2) is 0 Å². The number of hydrogen-bond acceptors (Lipinski definition) is 5. The molecule has 30 heavy (non-hydrogen) atoms. The highest BCUT2D eigenvalue weighted by Crippen LogP contribution is 2.27. The molecule has 166 valence electrons. The number of carbonyl (C=O) groups is 2.